The van der Waals surface area contributed by atoms with Gasteiger partial charge >= 0.3 is 0 Å². The first-order valence-electron chi connectivity index (χ1n) is 3.15. The van der Waals surface area contributed by atoms with Gasteiger partial charge in [0, 0.05) is 12.4 Å². The molecule has 0 aliphatic carbocycles. The van der Waals surface area contributed by atoms with Crippen LogP contribution < -0.4 is 5.73 Å². The second-order valence-electron chi connectivity index (χ2n) is 2.22. The molecule has 1 N–H and O–H groups in total. The highest BCUT2D eigenvalue weighted by atomic mass is 14.9. The fourth-order valence-electron chi connectivity index (χ4n) is 1.05. The third-order valence-electron chi connectivity index (χ3n) is 1.57. The standard InChI is InChI=1S/C8H7N2/c9-7-4-6-10-5-2-1-3-8(7)10/h1-6,9H. The van der Waals surface area contributed by atoms with Crippen LogP contribution in [0.1, 0.15) is 0 Å². The second kappa shape index (κ2) is 1.77. The molecule has 10 heavy (non-hydrogen) atoms. The number of fused-ring (bicyclic) bond motifs is 1. The molecule has 0 saturated heterocycles. The van der Waals surface area contributed by atoms with Crippen molar-refractivity contribution >= 4 is 11.2 Å². The number of pyridine rings is 1. The van der Waals surface area contributed by atoms with Gasteiger partial charge in [-0.15, -0.1) is 0 Å². The molecule has 0 spiro atoms. The largest absolute Gasteiger partial charge is 0.322 e. The number of rotatable bonds is 0. The van der Waals surface area contributed by atoms with E-state index in [0.717, 1.165) is 5.52 Å². The topological polar surface area (TPSA) is 28.2 Å². The van der Waals surface area contributed by atoms with Gasteiger partial charge in [0.05, 0.1) is 11.2 Å². The fraction of sp³-hybridized carbons (Fsp3) is 0. The van der Waals surface area contributed by atoms with E-state index < -0.39 is 0 Å². The molecule has 0 bridgehead atoms. The van der Waals surface area contributed by atoms with Crippen LogP contribution in [0.5, 0.6) is 0 Å². The number of hydrogen-bond donors (Lipinski definition) is 0. The summed E-state index contributed by atoms with van der Waals surface area (Å²) in [6, 6.07) is 7.61. The molecule has 0 aromatic carbocycles. The Kier molecular flexibility index (Phi) is 0.947. The van der Waals surface area contributed by atoms with Crippen LogP contribution in [0, 0.1) is 0 Å². The van der Waals surface area contributed by atoms with E-state index in [1.54, 1.807) is 6.07 Å². The molecule has 2 aromatic rings. The van der Waals surface area contributed by atoms with Crippen LogP contribution >= 0.6 is 0 Å². The van der Waals surface area contributed by atoms with Gasteiger partial charge in [-0.25, -0.2) is 0 Å². The monoisotopic (exact) mass is 131 g/mol. The van der Waals surface area contributed by atoms with Crippen LogP contribution in [-0.4, -0.2) is 4.40 Å². The number of nitrogens with zero attached hydrogens (tertiary/aromatic N) is 1. The van der Waals surface area contributed by atoms with Gasteiger partial charge in [0.1, 0.15) is 0 Å². The average molecular weight is 131 g/mol. The summed E-state index contributed by atoms with van der Waals surface area (Å²) in [5, 5.41) is 0. The minimum Gasteiger partial charge on any atom is -0.322 e. The summed E-state index contributed by atoms with van der Waals surface area (Å²) in [6.07, 6.45) is 3.82. The van der Waals surface area contributed by atoms with Crippen molar-refractivity contribution in [1.82, 2.24) is 10.1 Å². The number of aromatic nitrogens is 1. The molecule has 0 amide bonds. The normalized spacial score (nSPS) is 10.4. The van der Waals surface area contributed by atoms with Crippen molar-refractivity contribution < 1.29 is 0 Å². The fourth-order valence-corrected chi connectivity index (χ4v) is 1.05. The number of hydrogen-bond acceptors (Lipinski definition) is 0. The van der Waals surface area contributed by atoms with Crippen LogP contribution in [0.3, 0.4) is 0 Å². The molecule has 0 aliphatic heterocycles. The van der Waals surface area contributed by atoms with Gasteiger partial charge in [-0.3, -0.25) is 5.73 Å². The summed E-state index contributed by atoms with van der Waals surface area (Å²) in [6.45, 7) is 0. The molecule has 0 saturated carbocycles. The van der Waals surface area contributed by atoms with Crippen molar-refractivity contribution in [2.24, 2.45) is 0 Å². The van der Waals surface area contributed by atoms with E-state index in [1.807, 2.05) is 35.0 Å². The van der Waals surface area contributed by atoms with E-state index in [2.05, 4.69) is 0 Å². The minimum absolute atomic E-state index is 0.584. The van der Waals surface area contributed by atoms with E-state index in [1.165, 1.54) is 0 Å². The highest BCUT2D eigenvalue weighted by Gasteiger charge is 1.94. The lowest BCUT2D eigenvalue weighted by Crippen LogP contribution is -1.77. The lowest BCUT2D eigenvalue weighted by atomic mass is 10.4. The van der Waals surface area contributed by atoms with Crippen molar-refractivity contribution in [2.75, 3.05) is 0 Å². The zero-order valence-electron chi connectivity index (χ0n) is 5.41. The second-order valence-corrected chi connectivity index (χ2v) is 2.22. The van der Waals surface area contributed by atoms with Crippen LogP contribution in [0.4, 0.5) is 5.69 Å². The molecule has 49 valence electrons. The molecular weight excluding hydrogens is 124 g/mol. The van der Waals surface area contributed by atoms with E-state index in [-0.39, 0.29) is 0 Å². The quantitative estimate of drug-likeness (QED) is 0.522. The summed E-state index contributed by atoms with van der Waals surface area (Å²) in [4.78, 5) is 0. The van der Waals surface area contributed by atoms with Gasteiger partial charge in [-0.05, 0) is 18.2 Å². The summed E-state index contributed by atoms with van der Waals surface area (Å²) < 4.78 is 1.93. The Bertz CT molecular complexity index is 349. The lowest BCUT2D eigenvalue weighted by Gasteiger charge is -1.90. The molecule has 1 radical (unpaired) electrons. The number of nitrogens with one attached hydrogen (secondary N) is 1. The van der Waals surface area contributed by atoms with E-state index in [0.29, 0.717) is 5.69 Å². The van der Waals surface area contributed by atoms with E-state index in [4.69, 9.17) is 5.73 Å². The van der Waals surface area contributed by atoms with E-state index in [9.17, 15) is 0 Å². The summed E-state index contributed by atoms with van der Waals surface area (Å²) >= 11 is 0. The first-order chi connectivity index (χ1) is 4.88. The van der Waals surface area contributed by atoms with Gasteiger partial charge in [-0.2, -0.15) is 0 Å². The molecule has 2 heteroatoms. The van der Waals surface area contributed by atoms with Gasteiger partial charge in [0.15, 0.2) is 0 Å². The average Bonchev–Trinajstić information content (AvgIpc) is 2.34. The van der Waals surface area contributed by atoms with Gasteiger partial charge < -0.3 is 4.40 Å². The molecule has 2 aromatic heterocycles. The third kappa shape index (κ3) is 0.589. The Morgan fingerprint density at radius 3 is 2.80 bits per heavy atom. The van der Waals surface area contributed by atoms with Gasteiger partial charge in [-0.1, -0.05) is 6.07 Å². The van der Waals surface area contributed by atoms with Crippen LogP contribution in [0.2, 0.25) is 0 Å². The maximum Gasteiger partial charge on any atom is 0.0794 e. The Balaban J connectivity index is 2.93. The predicted molar refractivity (Wildman–Crippen MR) is 40.2 cm³/mol. The van der Waals surface area contributed by atoms with Crippen molar-refractivity contribution in [3.05, 3.63) is 36.7 Å². The molecule has 0 aliphatic rings. The maximum absolute atomic E-state index is 7.42. The Labute approximate surface area is 58.9 Å². The van der Waals surface area contributed by atoms with Crippen LogP contribution in [0.25, 0.3) is 5.52 Å². The highest BCUT2D eigenvalue weighted by Crippen LogP contribution is 2.14. The van der Waals surface area contributed by atoms with Crippen molar-refractivity contribution in [3.63, 3.8) is 0 Å². The maximum atomic E-state index is 7.42. The third-order valence-corrected chi connectivity index (χ3v) is 1.57. The lowest BCUT2D eigenvalue weighted by molar-refractivity contribution is 1.20. The Morgan fingerprint density at radius 1 is 1.10 bits per heavy atom. The smallest absolute Gasteiger partial charge is 0.0794 e. The zero-order chi connectivity index (χ0) is 6.97. The molecule has 2 rings (SSSR count). The van der Waals surface area contributed by atoms with Crippen LogP contribution in [0.15, 0.2) is 36.7 Å². The molecule has 0 unspecified atom stereocenters. The summed E-state index contributed by atoms with van der Waals surface area (Å²) in [5.74, 6) is 0. The van der Waals surface area contributed by atoms with Crippen molar-refractivity contribution in [1.29, 1.82) is 0 Å². The SMILES string of the molecule is [NH]c1ccn2ccccc12. The van der Waals surface area contributed by atoms with Crippen LogP contribution in [-0.2, 0) is 0 Å². The Hall–Kier alpha value is -1.44. The van der Waals surface area contributed by atoms with Crippen molar-refractivity contribution in [3.8, 4) is 0 Å². The predicted octanol–water partition coefficient (Wildman–Crippen LogP) is 1.85. The first-order valence-corrected chi connectivity index (χ1v) is 3.15. The van der Waals surface area contributed by atoms with Gasteiger partial charge in [0.2, 0.25) is 0 Å². The van der Waals surface area contributed by atoms with E-state index >= 15 is 0 Å². The highest BCUT2D eigenvalue weighted by molar-refractivity contribution is 5.67. The summed E-state index contributed by atoms with van der Waals surface area (Å²) in [5.41, 5.74) is 8.97. The van der Waals surface area contributed by atoms with Gasteiger partial charge in [0.25, 0.3) is 0 Å². The summed E-state index contributed by atoms with van der Waals surface area (Å²) in [7, 11) is 0. The molecule has 0 atom stereocenters. The Morgan fingerprint density at radius 2 is 2.00 bits per heavy atom. The molecule has 2 nitrogen and oxygen atoms in total. The minimum atomic E-state index is 0.584. The molecular formula is C8H7N2. The zero-order valence-corrected chi connectivity index (χ0v) is 5.41. The molecule has 0 fully saturated rings. The van der Waals surface area contributed by atoms with Crippen molar-refractivity contribution in [2.45, 2.75) is 0 Å². The molecule has 2 heterocycles. The first kappa shape index (κ1) is 5.35.